The van der Waals surface area contributed by atoms with Crippen molar-refractivity contribution in [1.82, 2.24) is 10.2 Å². The average molecular weight is 435 g/mol. The molecule has 2 rings (SSSR count). The maximum absolute atomic E-state index is 12.3. The van der Waals surface area contributed by atoms with Gasteiger partial charge in [-0.1, -0.05) is 26.8 Å². The van der Waals surface area contributed by atoms with E-state index in [1.165, 1.54) is 18.2 Å². The van der Waals surface area contributed by atoms with Crippen LogP contribution in [0.5, 0.6) is 0 Å². The van der Waals surface area contributed by atoms with Crippen LogP contribution in [0.25, 0.3) is 0 Å². The summed E-state index contributed by atoms with van der Waals surface area (Å²) in [6, 6.07) is 4.03. The predicted octanol–water partition coefficient (Wildman–Crippen LogP) is 2.79. The highest BCUT2D eigenvalue weighted by Crippen LogP contribution is 2.32. The Hall–Kier alpha value is -3.17. The number of hydrogen-bond acceptors (Lipinski definition) is 7. The van der Waals surface area contributed by atoms with E-state index in [1.807, 2.05) is 20.8 Å². The van der Waals surface area contributed by atoms with Gasteiger partial charge in [-0.2, -0.15) is 0 Å². The van der Waals surface area contributed by atoms with E-state index in [2.05, 4.69) is 5.32 Å². The summed E-state index contributed by atoms with van der Waals surface area (Å²) in [4.78, 5) is 48.5. The molecule has 1 aromatic rings. The van der Waals surface area contributed by atoms with Crippen LogP contribution in [0.2, 0.25) is 0 Å². The van der Waals surface area contributed by atoms with E-state index < -0.39 is 28.8 Å². The SMILES string of the molecule is CCOC(=O)N1CCC(NC(=O)COC(=O)c2ccc(C(C)(C)C)c([N+](=O)[O-])c2)CC1. The van der Waals surface area contributed by atoms with Crippen LogP contribution in [0.4, 0.5) is 10.5 Å². The molecule has 0 atom stereocenters. The average Bonchev–Trinajstić information content (AvgIpc) is 2.71. The summed E-state index contributed by atoms with van der Waals surface area (Å²) in [5.74, 6) is -1.28. The van der Waals surface area contributed by atoms with Gasteiger partial charge < -0.3 is 19.7 Å². The lowest BCUT2D eigenvalue weighted by Crippen LogP contribution is -2.47. The van der Waals surface area contributed by atoms with E-state index in [9.17, 15) is 24.5 Å². The molecule has 0 saturated carbocycles. The molecule has 1 N–H and O–H groups in total. The van der Waals surface area contributed by atoms with Crippen LogP contribution >= 0.6 is 0 Å². The number of nitro groups is 1. The van der Waals surface area contributed by atoms with Crippen LogP contribution in [-0.4, -0.2) is 60.1 Å². The molecule has 31 heavy (non-hydrogen) atoms. The number of amides is 2. The molecule has 0 spiro atoms. The molecule has 1 fully saturated rings. The highest BCUT2D eigenvalue weighted by atomic mass is 16.6. The third kappa shape index (κ3) is 6.66. The first-order chi connectivity index (χ1) is 14.5. The van der Waals surface area contributed by atoms with E-state index in [0.717, 1.165) is 0 Å². The maximum Gasteiger partial charge on any atom is 0.409 e. The summed E-state index contributed by atoms with van der Waals surface area (Å²) in [6.45, 7) is 8.01. The van der Waals surface area contributed by atoms with Gasteiger partial charge in [-0.25, -0.2) is 9.59 Å². The molecule has 10 heteroatoms. The minimum absolute atomic E-state index is 0.00949. The van der Waals surface area contributed by atoms with Gasteiger partial charge in [0.15, 0.2) is 6.61 Å². The molecule has 1 aliphatic heterocycles. The van der Waals surface area contributed by atoms with Gasteiger partial charge in [0.1, 0.15) is 0 Å². The number of nitrogens with one attached hydrogen (secondary N) is 1. The van der Waals surface area contributed by atoms with Crippen molar-refractivity contribution in [3.05, 3.63) is 39.4 Å². The van der Waals surface area contributed by atoms with Crippen LogP contribution in [0.3, 0.4) is 0 Å². The van der Waals surface area contributed by atoms with Crippen molar-refractivity contribution in [2.75, 3.05) is 26.3 Å². The fraction of sp³-hybridized carbons (Fsp3) is 0.571. The van der Waals surface area contributed by atoms with Crippen LogP contribution in [0.15, 0.2) is 18.2 Å². The lowest BCUT2D eigenvalue weighted by atomic mass is 9.85. The Balaban J connectivity index is 1.87. The molecular weight excluding hydrogens is 406 g/mol. The number of carbonyl (C=O) groups excluding carboxylic acids is 3. The van der Waals surface area contributed by atoms with Gasteiger partial charge in [-0.3, -0.25) is 14.9 Å². The quantitative estimate of drug-likeness (QED) is 0.413. The van der Waals surface area contributed by atoms with E-state index in [0.29, 0.717) is 38.1 Å². The molecule has 1 saturated heterocycles. The Labute approximate surface area is 181 Å². The number of carbonyl (C=O) groups is 3. The molecule has 0 aliphatic carbocycles. The number of rotatable bonds is 6. The van der Waals surface area contributed by atoms with Gasteiger partial charge in [0.25, 0.3) is 11.6 Å². The van der Waals surface area contributed by atoms with Gasteiger partial charge in [-0.05, 0) is 31.2 Å². The number of ether oxygens (including phenoxy) is 2. The predicted molar refractivity (Wildman–Crippen MR) is 112 cm³/mol. The maximum atomic E-state index is 12.3. The number of likely N-dealkylation sites (tertiary alicyclic amines) is 1. The molecule has 1 heterocycles. The minimum Gasteiger partial charge on any atom is -0.452 e. The lowest BCUT2D eigenvalue weighted by Gasteiger charge is -2.31. The Morgan fingerprint density at radius 1 is 1.19 bits per heavy atom. The Bertz CT molecular complexity index is 840. The third-order valence-electron chi connectivity index (χ3n) is 4.96. The van der Waals surface area contributed by atoms with Gasteiger partial charge in [0.2, 0.25) is 0 Å². The van der Waals surface area contributed by atoms with Crippen LogP contribution in [0.1, 0.15) is 56.5 Å². The summed E-state index contributed by atoms with van der Waals surface area (Å²) in [5, 5.41) is 14.2. The first-order valence-corrected chi connectivity index (χ1v) is 10.2. The van der Waals surface area contributed by atoms with Crippen molar-refractivity contribution < 1.29 is 28.8 Å². The molecular formula is C21H29N3O7. The van der Waals surface area contributed by atoms with E-state index in [-0.39, 0.29) is 23.4 Å². The Morgan fingerprint density at radius 2 is 1.84 bits per heavy atom. The number of benzene rings is 1. The summed E-state index contributed by atoms with van der Waals surface area (Å²) in [5.41, 5.74) is -0.121. The van der Waals surface area contributed by atoms with E-state index >= 15 is 0 Å². The van der Waals surface area contributed by atoms with Crippen LogP contribution in [0, 0.1) is 10.1 Å². The number of nitrogens with zero attached hydrogens (tertiary/aromatic N) is 2. The number of nitro benzene ring substituents is 1. The van der Waals surface area contributed by atoms with Gasteiger partial charge in [0, 0.05) is 30.8 Å². The zero-order valence-corrected chi connectivity index (χ0v) is 18.3. The second-order valence-corrected chi connectivity index (χ2v) is 8.34. The van der Waals surface area contributed by atoms with Crippen molar-refractivity contribution >= 4 is 23.7 Å². The van der Waals surface area contributed by atoms with Crippen molar-refractivity contribution in [2.45, 2.75) is 52.0 Å². The van der Waals surface area contributed by atoms with Crippen molar-refractivity contribution in [1.29, 1.82) is 0 Å². The molecule has 0 aromatic heterocycles. The van der Waals surface area contributed by atoms with Crippen LogP contribution in [-0.2, 0) is 19.7 Å². The fourth-order valence-electron chi connectivity index (χ4n) is 3.35. The molecule has 2 amide bonds. The largest absolute Gasteiger partial charge is 0.452 e. The molecule has 1 aliphatic rings. The standard InChI is InChI=1S/C21H29N3O7/c1-5-30-20(27)23-10-8-15(9-11-23)22-18(25)13-31-19(26)14-6-7-16(21(2,3)4)17(12-14)24(28)29/h6-7,12,15H,5,8-11,13H2,1-4H3,(H,22,25). The minimum atomic E-state index is -0.809. The second kappa shape index (κ2) is 10.2. The van der Waals surface area contributed by atoms with Gasteiger partial charge in [-0.15, -0.1) is 0 Å². The molecule has 1 aromatic carbocycles. The molecule has 170 valence electrons. The monoisotopic (exact) mass is 435 g/mol. The van der Waals surface area contributed by atoms with Gasteiger partial charge in [0.05, 0.1) is 17.1 Å². The number of esters is 1. The molecule has 0 radical (unpaired) electrons. The Kier molecular flexibility index (Phi) is 7.95. The summed E-state index contributed by atoms with van der Waals surface area (Å²) >= 11 is 0. The van der Waals surface area contributed by atoms with Crippen molar-refractivity contribution in [3.8, 4) is 0 Å². The fourth-order valence-corrected chi connectivity index (χ4v) is 3.35. The van der Waals surface area contributed by atoms with E-state index in [4.69, 9.17) is 9.47 Å². The topological polar surface area (TPSA) is 128 Å². The molecule has 0 unspecified atom stereocenters. The first-order valence-electron chi connectivity index (χ1n) is 10.2. The smallest absolute Gasteiger partial charge is 0.409 e. The Morgan fingerprint density at radius 3 is 2.39 bits per heavy atom. The van der Waals surface area contributed by atoms with Crippen LogP contribution < -0.4 is 5.32 Å². The zero-order chi connectivity index (χ0) is 23.2. The van der Waals surface area contributed by atoms with Crippen molar-refractivity contribution in [2.24, 2.45) is 0 Å². The summed E-state index contributed by atoms with van der Waals surface area (Å²) < 4.78 is 9.98. The second-order valence-electron chi connectivity index (χ2n) is 8.34. The van der Waals surface area contributed by atoms with E-state index in [1.54, 1.807) is 11.8 Å². The highest BCUT2D eigenvalue weighted by molar-refractivity contribution is 5.92. The normalized spacial score (nSPS) is 14.6. The first kappa shape index (κ1) is 24.1. The zero-order valence-electron chi connectivity index (χ0n) is 18.3. The number of hydrogen-bond donors (Lipinski definition) is 1. The summed E-state index contributed by atoms with van der Waals surface area (Å²) in [6.07, 6.45) is 0.769. The lowest BCUT2D eigenvalue weighted by molar-refractivity contribution is -0.386. The highest BCUT2D eigenvalue weighted by Gasteiger charge is 2.27. The third-order valence-corrected chi connectivity index (χ3v) is 4.96. The van der Waals surface area contributed by atoms with Crippen molar-refractivity contribution in [3.63, 3.8) is 0 Å². The number of piperidine rings is 1. The van der Waals surface area contributed by atoms with Gasteiger partial charge >= 0.3 is 12.1 Å². The molecule has 10 nitrogen and oxygen atoms in total. The molecule has 0 bridgehead atoms. The summed E-state index contributed by atoms with van der Waals surface area (Å²) in [7, 11) is 0.